The lowest BCUT2D eigenvalue weighted by molar-refractivity contribution is -0.127. The van der Waals surface area contributed by atoms with Gasteiger partial charge in [-0.25, -0.2) is 4.99 Å². The minimum atomic E-state index is -0.114. The standard InChI is InChI=1S/C16H25N5O2/c1-5-18-16(20-11-14(22)21(3)4)19-10-12-6-8-13(9-7-12)15(23)17-2/h6-9H,5,10-11H2,1-4H3,(H,17,23)(H2,18,19,20). The van der Waals surface area contributed by atoms with Gasteiger partial charge in [0.25, 0.3) is 5.91 Å². The number of rotatable bonds is 6. The van der Waals surface area contributed by atoms with Crippen molar-refractivity contribution in [3.8, 4) is 0 Å². The van der Waals surface area contributed by atoms with Crippen molar-refractivity contribution < 1.29 is 9.59 Å². The molecule has 23 heavy (non-hydrogen) atoms. The van der Waals surface area contributed by atoms with E-state index in [0.717, 1.165) is 5.56 Å². The molecule has 0 spiro atoms. The van der Waals surface area contributed by atoms with E-state index in [1.165, 1.54) is 4.90 Å². The molecule has 1 aromatic carbocycles. The van der Waals surface area contributed by atoms with E-state index in [1.807, 2.05) is 19.1 Å². The molecular formula is C16H25N5O2. The lowest BCUT2D eigenvalue weighted by Crippen LogP contribution is -2.42. The number of nitrogens with one attached hydrogen (secondary N) is 3. The van der Waals surface area contributed by atoms with E-state index in [9.17, 15) is 9.59 Å². The van der Waals surface area contributed by atoms with Crippen LogP contribution >= 0.6 is 0 Å². The Morgan fingerprint density at radius 1 is 1.13 bits per heavy atom. The molecule has 0 aromatic heterocycles. The number of nitrogens with zero attached hydrogens (tertiary/aromatic N) is 2. The van der Waals surface area contributed by atoms with Gasteiger partial charge >= 0.3 is 0 Å². The number of likely N-dealkylation sites (N-methyl/N-ethyl adjacent to an activating group) is 1. The summed E-state index contributed by atoms with van der Waals surface area (Å²) in [4.78, 5) is 29.0. The first-order valence-corrected chi connectivity index (χ1v) is 7.51. The van der Waals surface area contributed by atoms with Crippen LogP contribution in [0.15, 0.2) is 29.3 Å². The predicted molar refractivity (Wildman–Crippen MR) is 91.3 cm³/mol. The average Bonchev–Trinajstić information content (AvgIpc) is 2.56. The van der Waals surface area contributed by atoms with E-state index in [0.29, 0.717) is 24.6 Å². The quantitative estimate of drug-likeness (QED) is 0.516. The molecule has 0 saturated carbocycles. The van der Waals surface area contributed by atoms with Crippen LogP contribution in [0.4, 0.5) is 0 Å². The first-order chi connectivity index (χ1) is 11.0. The zero-order valence-electron chi connectivity index (χ0n) is 14.1. The predicted octanol–water partition coefficient (Wildman–Crippen LogP) is 0.190. The molecule has 7 nitrogen and oxygen atoms in total. The first-order valence-electron chi connectivity index (χ1n) is 7.51. The second-order valence-corrected chi connectivity index (χ2v) is 5.11. The largest absolute Gasteiger partial charge is 0.357 e. The number of carbonyl (C=O) groups is 2. The second kappa shape index (κ2) is 9.45. The molecule has 0 bridgehead atoms. The van der Waals surface area contributed by atoms with Gasteiger partial charge in [0.05, 0.1) is 13.1 Å². The summed E-state index contributed by atoms with van der Waals surface area (Å²) >= 11 is 0. The number of amides is 2. The van der Waals surface area contributed by atoms with E-state index < -0.39 is 0 Å². The fourth-order valence-corrected chi connectivity index (χ4v) is 1.74. The number of carbonyl (C=O) groups excluding carboxylic acids is 2. The zero-order chi connectivity index (χ0) is 17.2. The topological polar surface area (TPSA) is 85.8 Å². The van der Waals surface area contributed by atoms with Crippen molar-refractivity contribution in [2.75, 3.05) is 34.2 Å². The normalized spacial score (nSPS) is 10.9. The number of aliphatic imine (C=N–C) groups is 1. The van der Waals surface area contributed by atoms with E-state index in [2.05, 4.69) is 20.9 Å². The van der Waals surface area contributed by atoms with Crippen LogP contribution in [0.3, 0.4) is 0 Å². The lowest BCUT2D eigenvalue weighted by atomic mass is 10.1. The third-order valence-electron chi connectivity index (χ3n) is 3.11. The third-order valence-corrected chi connectivity index (χ3v) is 3.11. The van der Waals surface area contributed by atoms with Gasteiger partial charge < -0.3 is 20.9 Å². The Kier molecular flexibility index (Phi) is 7.59. The van der Waals surface area contributed by atoms with Crippen LogP contribution < -0.4 is 16.0 Å². The molecule has 1 aromatic rings. The molecule has 7 heteroatoms. The zero-order valence-corrected chi connectivity index (χ0v) is 14.1. The molecular weight excluding hydrogens is 294 g/mol. The maximum absolute atomic E-state index is 11.6. The van der Waals surface area contributed by atoms with Crippen LogP contribution in [0.2, 0.25) is 0 Å². The maximum atomic E-state index is 11.6. The Labute approximate surface area is 137 Å². The van der Waals surface area contributed by atoms with Gasteiger partial charge in [0.2, 0.25) is 5.91 Å². The molecule has 0 aliphatic heterocycles. The molecule has 0 heterocycles. The van der Waals surface area contributed by atoms with Crippen molar-refractivity contribution in [3.63, 3.8) is 0 Å². The smallest absolute Gasteiger partial charge is 0.251 e. The van der Waals surface area contributed by atoms with Crippen molar-refractivity contribution in [1.29, 1.82) is 0 Å². The molecule has 2 amide bonds. The van der Waals surface area contributed by atoms with Crippen LogP contribution in [0, 0.1) is 0 Å². The van der Waals surface area contributed by atoms with Gasteiger partial charge in [0, 0.05) is 33.3 Å². The van der Waals surface area contributed by atoms with Gasteiger partial charge in [-0.1, -0.05) is 12.1 Å². The molecule has 0 fully saturated rings. The minimum absolute atomic E-state index is 0.0227. The Bertz CT molecular complexity index is 552. The van der Waals surface area contributed by atoms with Crippen LogP contribution in [0.1, 0.15) is 22.8 Å². The highest BCUT2D eigenvalue weighted by atomic mass is 16.2. The molecule has 0 aliphatic rings. The SMILES string of the molecule is CCNC(=NCc1ccc(C(=O)NC)cc1)NCC(=O)N(C)C. The Hall–Kier alpha value is -2.57. The summed E-state index contributed by atoms with van der Waals surface area (Å²) in [5, 5.41) is 8.67. The summed E-state index contributed by atoms with van der Waals surface area (Å²) in [6.45, 7) is 3.31. The number of benzene rings is 1. The van der Waals surface area contributed by atoms with Crippen LogP contribution in [-0.2, 0) is 11.3 Å². The third kappa shape index (κ3) is 6.37. The van der Waals surface area contributed by atoms with E-state index in [1.54, 1.807) is 33.3 Å². The van der Waals surface area contributed by atoms with Gasteiger partial charge in [-0.3, -0.25) is 9.59 Å². The highest BCUT2D eigenvalue weighted by Gasteiger charge is 2.05. The van der Waals surface area contributed by atoms with Crippen molar-refractivity contribution in [2.24, 2.45) is 4.99 Å². The fourth-order valence-electron chi connectivity index (χ4n) is 1.74. The Balaban J connectivity index is 2.65. The molecule has 0 atom stereocenters. The number of hydrogen-bond donors (Lipinski definition) is 3. The summed E-state index contributed by atoms with van der Waals surface area (Å²) in [5.41, 5.74) is 1.59. The van der Waals surface area contributed by atoms with Crippen molar-refractivity contribution in [2.45, 2.75) is 13.5 Å². The summed E-state index contributed by atoms with van der Waals surface area (Å²) in [6.07, 6.45) is 0. The Morgan fingerprint density at radius 2 is 1.78 bits per heavy atom. The summed E-state index contributed by atoms with van der Waals surface area (Å²) in [7, 11) is 5.02. The van der Waals surface area contributed by atoms with E-state index in [4.69, 9.17) is 0 Å². The van der Waals surface area contributed by atoms with Gasteiger partial charge in [-0.05, 0) is 24.6 Å². The molecule has 126 valence electrons. The highest BCUT2D eigenvalue weighted by Crippen LogP contribution is 2.05. The van der Waals surface area contributed by atoms with E-state index in [-0.39, 0.29) is 18.4 Å². The van der Waals surface area contributed by atoms with Crippen molar-refractivity contribution >= 4 is 17.8 Å². The minimum Gasteiger partial charge on any atom is -0.357 e. The van der Waals surface area contributed by atoms with Gasteiger partial charge in [-0.15, -0.1) is 0 Å². The lowest BCUT2D eigenvalue weighted by Gasteiger charge is -2.14. The second-order valence-electron chi connectivity index (χ2n) is 5.11. The van der Waals surface area contributed by atoms with Gasteiger partial charge in [0.15, 0.2) is 5.96 Å². The molecule has 0 saturated heterocycles. The van der Waals surface area contributed by atoms with Gasteiger partial charge in [0.1, 0.15) is 0 Å². The van der Waals surface area contributed by atoms with Crippen LogP contribution in [0.25, 0.3) is 0 Å². The van der Waals surface area contributed by atoms with Crippen molar-refractivity contribution in [1.82, 2.24) is 20.9 Å². The van der Waals surface area contributed by atoms with Crippen LogP contribution in [-0.4, -0.2) is 56.9 Å². The highest BCUT2D eigenvalue weighted by molar-refractivity contribution is 5.94. The number of hydrogen-bond acceptors (Lipinski definition) is 3. The summed E-state index contributed by atoms with van der Waals surface area (Å²) in [6, 6.07) is 7.25. The molecule has 0 radical (unpaired) electrons. The number of guanidine groups is 1. The van der Waals surface area contributed by atoms with Crippen molar-refractivity contribution in [3.05, 3.63) is 35.4 Å². The van der Waals surface area contributed by atoms with E-state index >= 15 is 0 Å². The fraction of sp³-hybridized carbons (Fsp3) is 0.438. The molecule has 3 N–H and O–H groups in total. The van der Waals surface area contributed by atoms with Crippen LogP contribution in [0.5, 0.6) is 0 Å². The summed E-state index contributed by atoms with van der Waals surface area (Å²) < 4.78 is 0. The molecule has 1 rings (SSSR count). The Morgan fingerprint density at radius 3 is 2.30 bits per heavy atom. The molecule has 0 unspecified atom stereocenters. The van der Waals surface area contributed by atoms with Gasteiger partial charge in [-0.2, -0.15) is 0 Å². The maximum Gasteiger partial charge on any atom is 0.251 e. The molecule has 0 aliphatic carbocycles. The average molecular weight is 319 g/mol. The first kappa shape index (κ1) is 18.5. The summed E-state index contributed by atoms with van der Waals surface area (Å²) in [5.74, 6) is 0.445. The monoisotopic (exact) mass is 319 g/mol.